The molecule has 1 heterocycles. The number of rotatable bonds is 7. The molecule has 0 aliphatic rings. The predicted octanol–water partition coefficient (Wildman–Crippen LogP) is 1.54. The summed E-state index contributed by atoms with van der Waals surface area (Å²) in [5.74, 6) is 1.23. The molecule has 0 radical (unpaired) electrons. The van der Waals surface area contributed by atoms with Crippen molar-refractivity contribution in [3.63, 3.8) is 0 Å². The summed E-state index contributed by atoms with van der Waals surface area (Å²) in [6.45, 7) is 2.82. The second kappa shape index (κ2) is 7.01. The van der Waals surface area contributed by atoms with Crippen molar-refractivity contribution in [3.05, 3.63) is 23.9 Å². The van der Waals surface area contributed by atoms with Crippen LogP contribution >= 0.6 is 0 Å². The van der Waals surface area contributed by atoms with Gasteiger partial charge < -0.3 is 11.5 Å². The molecule has 1 atom stereocenters. The van der Waals surface area contributed by atoms with E-state index in [1.54, 1.807) is 12.3 Å². The molecule has 4 heteroatoms. The lowest BCUT2D eigenvalue weighted by Crippen LogP contribution is -2.09. The highest BCUT2D eigenvalue weighted by atomic mass is 16.1. The molecule has 4 nitrogen and oxygen atoms in total. The van der Waals surface area contributed by atoms with Crippen LogP contribution in [0.5, 0.6) is 0 Å². The summed E-state index contributed by atoms with van der Waals surface area (Å²) in [5.41, 5.74) is 12.0. The van der Waals surface area contributed by atoms with E-state index in [1.807, 2.05) is 6.07 Å². The molecule has 1 aromatic heterocycles. The van der Waals surface area contributed by atoms with Gasteiger partial charge in [0.25, 0.3) is 0 Å². The minimum Gasteiger partial charge on any atom is -0.384 e. The van der Waals surface area contributed by atoms with E-state index in [2.05, 4.69) is 11.9 Å². The van der Waals surface area contributed by atoms with Gasteiger partial charge >= 0.3 is 0 Å². The number of ketones is 1. The molecule has 0 fully saturated rings. The maximum atomic E-state index is 11.7. The molecule has 0 bridgehead atoms. The van der Waals surface area contributed by atoms with E-state index in [4.69, 9.17) is 11.5 Å². The van der Waals surface area contributed by atoms with E-state index in [0.717, 1.165) is 18.4 Å². The normalized spacial score (nSPS) is 12.4. The Morgan fingerprint density at radius 1 is 1.47 bits per heavy atom. The smallest absolute Gasteiger partial charge is 0.137 e. The van der Waals surface area contributed by atoms with Gasteiger partial charge in [-0.05, 0) is 43.0 Å². The Morgan fingerprint density at radius 3 is 2.88 bits per heavy atom. The maximum Gasteiger partial charge on any atom is 0.137 e. The van der Waals surface area contributed by atoms with Crippen LogP contribution in [-0.4, -0.2) is 17.3 Å². The number of carbonyl (C=O) groups is 1. The van der Waals surface area contributed by atoms with Crippen LogP contribution in [0.3, 0.4) is 0 Å². The lowest BCUT2D eigenvalue weighted by molar-refractivity contribution is -0.118. The highest BCUT2D eigenvalue weighted by Crippen LogP contribution is 2.12. The Balaban J connectivity index is 2.34. The molecule has 0 saturated carbocycles. The number of anilines is 1. The molecule has 0 amide bonds. The van der Waals surface area contributed by atoms with E-state index in [9.17, 15) is 4.79 Å². The number of hydrogen-bond acceptors (Lipinski definition) is 4. The van der Waals surface area contributed by atoms with E-state index >= 15 is 0 Å². The zero-order valence-corrected chi connectivity index (χ0v) is 10.4. The molecule has 0 aromatic carbocycles. The summed E-state index contributed by atoms with van der Waals surface area (Å²) in [7, 11) is 0. The minimum atomic E-state index is 0.250. The standard InChI is InChI=1S/C13H21N3O/c1-10(4-6-14)2-3-12(17)8-11-5-7-16-13(15)9-11/h5,7,9-10H,2-4,6,8,14H2,1H3,(H2,15,16). The van der Waals surface area contributed by atoms with Crippen molar-refractivity contribution in [2.75, 3.05) is 12.3 Å². The van der Waals surface area contributed by atoms with Gasteiger partial charge in [-0.2, -0.15) is 0 Å². The summed E-state index contributed by atoms with van der Waals surface area (Å²) in [6.07, 6.45) is 4.59. The Bertz CT molecular complexity index is 365. The number of nitrogens with two attached hydrogens (primary N) is 2. The Hall–Kier alpha value is -1.42. The van der Waals surface area contributed by atoms with Gasteiger partial charge in [-0.3, -0.25) is 4.79 Å². The fourth-order valence-corrected chi connectivity index (χ4v) is 1.76. The fraction of sp³-hybridized carbons (Fsp3) is 0.538. The molecule has 0 aliphatic carbocycles. The number of nitrogens with zero attached hydrogens (tertiary/aromatic N) is 1. The minimum absolute atomic E-state index is 0.250. The topological polar surface area (TPSA) is 82.0 Å². The summed E-state index contributed by atoms with van der Waals surface area (Å²) in [6, 6.07) is 3.58. The van der Waals surface area contributed by atoms with Crippen molar-refractivity contribution in [1.82, 2.24) is 4.98 Å². The van der Waals surface area contributed by atoms with Crippen molar-refractivity contribution >= 4 is 11.6 Å². The van der Waals surface area contributed by atoms with Crippen molar-refractivity contribution < 1.29 is 4.79 Å². The number of aromatic nitrogens is 1. The van der Waals surface area contributed by atoms with Gasteiger partial charge in [0.1, 0.15) is 11.6 Å². The number of hydrogen-bond donors (Lipinski definition) is 2. The molecular formula is C13H21N3O. The van der Waals surface area contributed by atoms with Gasteiger partial charge in [-0.25, -0.2) is 4.98 Å². The largest absolute Gasteiger partial charge is 0.384 e. The van der Waals surface area contributed by atoms with Crippen LogP contribution in [0.15, 0.2) is 18.3 Å². The average Bonchev–Trinajstić information content (AvgIpc) is 2.27. The molecule has 1 aromatic rings. The Kier molecular flexibility index (Phi) is 5.63. The second-order valence-electron chi connectivity index (χ2n) is 4.53. The van der Waals surface area contributed by atoms with Crippen LogP contribution < -0.4 is 11.5 Å². The summed E-state index contributed by atoms with van der Waals surface area (Å²) in [4.78, 5) is 15.6. The van der Waals surface area contributed by atoms with Crippen molar-refractivity contribution in [1.29, 1.82) is 0 Å². The second-order valence-corrected chi connectivity index (χ2v) is 4.53. The zero-order chi connectivity index (χ0) is 12.7. The molecule has 1 rings (SSSR count). The van der Waals surface area contributed by atoms with Gasteiger partial charge in [-0.1, -0.05) is 6.92 Å². The third-order valence-corrected chi connectivity index (χ3v) is 2.82. The van der Waals surface area contributed by atoms with E-state index < -0.39 is 0 Å². The highest BCUT2D eigenvalue weighted by molar-refractivity contribution is 5.80. The SMILES string of the molecule is CC(CCN)CCC(=O)Cc1ccnc(N)c1. The first kappa shape index (κ1) is 13.6. The maximum absolute atomic E-state index is 11.7. The van der Waals surface area contributed by atoms with E-state index in [1.165, 1.54) is 0 Å². The zero-order valence-electron chi connectivity index (χ0n) is 10.4. The number of pyridine rings is 1. The summed E-state index contributed by atoms with van der Waals surface area (Å²) < 4.78 is 0. The van der Waals surface area contributed by atoms with Gasteiger partial charge in [0.2, 0.25) is 0 Å². The molecule has 17 heavy (non-hydrogen) atoms. The number of carbonyl (C=O) groups excluding carboxylic acids is 1. The van der Waals surface area contributed by atoms with Crippen molar-refractivity contribution in [3.8, 4) is 0 Å². The Morgan fingerprint density at radius 2 is 2.24 bits per heavy atom. The van der Waals surface area contributed by atoms with E-state index in [-0.39, 0.29) is 5.78 Å². The van der Waals surface area contributed by atoms with Gasteiger partial charge in [0.05, 0.1) is 0 Å². The molecule has 94 valence electrons. The van der Waals surface area contributed by atoms with Crippen molar-refractivity contribution in [2.45, 2.75) is 32.6 Å². The van der Waals surface area contributed by atoms with Crippen molar-refractivity contribution in [2.24, 2.45) is 11.7 Å². The molecule has 1 unspecified atom stereocenters. The van der Waals surface area contributed by atoms with Crippen LogP contribution in [0.4, 0.5) is 5.82 Å². The lowest BCUT2D eigenvalue weighted by atomic mass is 9.98. The molecule has 4 N–H and O–H groups in total. The quantitative estimate of drug-likeness (QED) is 0.751. The first-order valence-electron chi connectivity index (χ1n) is 6.04. The molecule has 0 saturated heterocycles. The molecular weight excluding hydrogens is 214 g/mol. The van der Waals surface area contributed by atoms with Crippen LogP contribution in [0, 0.1) is 5.92 Å². The number of Topliss-reactive ketones (excluding diaryl/α,β-unsaturated/α-hetero) is 1. The van der Waals surface area contributed by atoms with Gasteiger partial charge in [0, 0.05) is 19.0 Å². The highest BCUT2D eigenvalue weighted by Gasteiger charge is 2.07. The average molecular weight is 235 g/mol. The fourth-order valence-electron chi connectivity index (χ4n) is 1.76. The van der Waals surface area contributed by atoms with Crippen LogP contribution in [0.2, 0.25) is 0 Å². The third kappa shape index (κ3) is 5.45. The number of nitrogen functional groups attached to an aromatic ring is 1. The van der Waals surface area contributed by atoms with E-state index in [0.29, 0.717) is 31.1 Å². The predicted molar refractivity (Wildman–Crippen MR) is 69.4 cm³/mol. The first-order chi connectivity index (χ1) is 8.11. The Labute approximate surface area is 102 Å². The van der Waals surface area contributed by atoms with Gasteiger partial charge in [0.15, 0.2) is 0 Å². The molecule has 0 aliphatic heterocycles. The molecule has 0 spiro atoms. The summed E-state index contributed by atoms with van der Waals surface area (Å²) >= 11 is 0. The third-order valence-electron chi connectivity index (χ3n) is 2.82. The van der Waals surface area contributed by atoms with Crippen LogP contribution in [0.1, 0.15) is 31.7 Å². The first-order valence-corrected chi connectivity index (χ1v) is 6.04. The monoisotopic (exact) mass is 235 g/mol. The van der Waals surface area contributed by atoms with Crippen LogP contribution in [0.25, 0.3) is 0 Å². The lowest BCUT2D eigenvalue weighted by Gasteiger charge is -2.08. The summed E-state index contributed by atoms with van der Waals surface area (Å²) in [5, 5.41) is 0. The van der Waals surface area contributed by atoms with Crippen LogP contribution in [-0.2, 0) is 11.2 Å². The van der Waals surface area contributed by atoms with Gasteiger partial charge in [-0.15, -0.1) is 0 Å².